The molecule has 7 aromatic carbocycles. The van der Waals surface area contributed by atoms with E-state index >= 15 is 0 Å². The maximum absolute atomic E-state index is 2.47. The van der Waals surface area contributed by atoms with Crippen LogP contribution in [0.4, 0.5) is 17.1 Å². The molecule has 1 heteroatoms. The zero-order valence-electron chi connectivity index (χ0n) is 27.7. The van der Waals surface area contributed by atoms with Gasteiger partial charge in [-0.3, -0.25) is 0 Å². The maximum atomic E-state index is 2.47. The minimum atomic E-state index is -0.273. The highest BCUT2D eigenvalue weighted by molar-refractivity contribution is 5.97. The van der Waals surface area contributed by atoms with Crippen LogP contribution in [-0.2, 0) is 5.41 Å². The zero-order chi connectivity index (χ0) is 33.1. The highest BCUT2D eigenvalue weighted by atomic mass is 15.1. The highest BCUT2D eigenvalue weighted by Crippen LogP contribution is 2.66. The van der Waals surface area contributed by atoms with E-state index in [2.05, 4.69) is 205 Å². The summed E-state index contributed by atoms with van der Waals surface area (Å²) in [6, 6.07) is 64.8. The number of benzene rings is 7. The Bertz CT molecular complexity index is 2340. The van der Waals surface area contributed by atoms with Crippen molar-refractivity contribution in [3.8, 4) is 33.4 Å². The van der Waals surface area contributed by atoms with Crippen LogP contribution < -0.4 is 4.90 Å². The predicted octanol–water partition coefficient (Wildman–Crippen LogP) is 12.6. The van der Waals surface area contributed by atoms with Crippen molar-refractivity contribution in [2.45, 2.75) is 11.3 Å². The van der Waals surface area contributed by atoms with Gasteiger partial charge in [-0.05, 0) is 80.4 Å². The Morgan fingerprint density at radius 2 is 0.920 bits per heavy atom. The summed E-state index contributed by atoms with van der Waals surface area (Å²) in [6.07, 6.45) is 9.37. The lowest BCUT2D eigenvalue weighted by atomic mass is 9.65. The number of anilines is 3. The van der Waals surface area contributed by atoms with Crippen molar-refractivity contribution in [1.82, 2.24) is 0 Å². The van der Waals surface area contributed by atoms with Gasteiger partial charge in [-0.15, -0.1) is 0 Å². The lowest BCUT2D eigenvalue weighted by Gasteiger charge is -2.36. The van der Waals surface area contributed by atoms with Gasteiger partial charge in [0, 0.05) is 28.8 Å². The first-order chi connectivity index (χ1) is 24.8. The van der Waals surface area contributed by atoms with Crippen LogP contribution in [0.1, 0.15) is 28.2 Å². The monoisotopic (exact) mass is 637 g/mol. The van der Waals surface area contributed by atoms with Crippen molar-refractivity contribution in [1.29, 1.82) is 0 Å². The fraction of sp³-hybridized carbons (Fsp3) is 0.0612. The molecule has 0 amide bonds. The minimum Gasteiger partial charge on any atom is -0.310 e. The molecule has 0 saturated carbocycles. The van der Waals surface area contributed by atoms with Crippen molar-refractivity contribution >= 4 is 17.1 Å². The van der Waals surface area contributed by atoms with Gasteiger partial charge in [0.2, 0.25) is 0 Å². The van der Waals surface area contributed by atoms with Gasteiger partial charge < -0.3 is 4.90 Å². The van der Waals surface area contributed by atoms with Crippen LogP contribution in [0.3, 0.4) is 0 Å². The fourth-order valence-electron chi connectivity index (χ4n) is 9.12. The SMILES string of the molecule is C1=CC2c3ccccc3C3(c4ccccc4-c4c(N(c5ccc(-c6ccccc6)cc5)c5ccc(-c6ccccc6)cc5)cccc43)C2C=C1. The summed E-state index contributed by atoms with van der Waals surface area (Å²) in [5.41, 5.74) is 16.4. The van der Waals surface area contributed by atoms with E-state index in [-0.39, 0.29) is 5.41 Å². The van der Waals surface area contributed by atoms with Crippen molar-refractivity contribution < 1.29 is 0 Å². The van der Waals surface area contributed by atoms with Crippen LogP contribution in [0, 0.1) is 5.92 Å². The number of hydrogen-bond donors (Lipinski definition) is 0. The van der Waals surface area contributed by atoms with Crippen molar-refractivity contribution in [3.05, 3.63) is 222 Å². The van der Waals surface area contributed by atoms with Gasteiger partial charge in [-0.1, -0.05) is 170 Å². The molecule has 0 aromatic heterocycles. The van der Waals surface area contributed by atoms with E-state index in [0.29, 0.717) is 11.8 Å². The molecule has 50 heavy (non-hydrogen) atoms. The predicted molar refractivity (Wildman–Crippen MR) is 208 cm³/mol. The first-order valence-electron chi connectivity index (χ1n) is 17.6. The molecule has 3 aliphatic rings. The Hall–Kier alpha value is -6.18. The van der Waals surface area contributed by atoms with E-state index in [0.717, 1.165) is 11.4 Å². The van der Waals surface area contributed by atoms with Crippen molar-refractivity contribution in [3.63, 3.8) is 0 Å². The van der Waals surface area contributed by atoms with Gasteiger partial charge in [0.15, 0.2) is 0 Å². The van der Waals surface area contributed by atoms with Gasteiger partial charge in [0.1, 0.15) is 0 Å². The number of fused-ring (bicyclic) bond motifs is 10. The lowest BCUT2D eigenvalue weighted by molar-refractivity contribution is 0.465. The molecule has 0 heterocycles. The van der Waals surface area contributed by atoms with Crippen LogP contribution in [0.15, 0.2) is 200 Å². The second-order valence-corrected chi connectivity index (χ2v) is 13.6. The van der Waals surface area contributed by atoms with Gasteiger partial charge in [-0.2, -0.15) is 0 Å². The van der Waals surface area contributed by atoms with E-state index < -0.39 is 0 Å². The molecule has 0 fully saturated rings. The van der Waals surface area contributed by atoms with Crippen LogP contribution in [0.5, 0.6) is 0 Å². The summed E-state index contributed by atoms with van der Waals surface area (Å²) in [4.78, 5) is 2.47. The van der Waals surface area contributed by atoms with Gasteiger partial charge in [0.05, 0.1) is 11.1 Å². The molecule has 0 aliphatic heterocycles. The molecular formula is C49H35N. The normalized spacial score (nSPS) is 19.1. The van der Waals surface area contributed by atoms with E-state index in [1.165, 1.54) is 61.3 Å². The Balaban J connectivity index is 1.20. The quantitative estimate of drug-likeness (QED) is 0.182. The average molecular weight is 638 g/mol. The van der Waals surface area contributed by atoms with E-state index in [1.807, 2.05) is 0 Å². The molecule has 0 saturated heterocycles. The van der Waals surface area contributed by atoms with Crippen LogP contribution in [-0.4, -0.2) is 0 Å². The number of rotatable bonds is 5. The second-order valence-electron chi connectivity index (χ2n) is 13.6. The third kappa shape index (κ3) is 4.20. The molecular weight excluding hydrogens is 603 g/mol. The maximum Gasteiger partial charge on any atom is 0.0543 e. The minimum absolute atomic E-state index is 0.273. The number of nitrogens with zero attached hydrogens (tertiary/aromatic N) is 1. The molecule has 10 rings (SSSR count). The Kier molecular flexibility index (Phi) is 6.60. The Labute approximate surface area is 294 Å². The standard InChI is InChI=1S/C49H35N/c1-3-14-34(15-4-1)36-26-30-38(31-27-36)50(39-32-28-37(29-33-39)35-16-5-2-6-17-35)47-25-13-24-46-48(47)42-20-9-12-23-45(42)49(46)43-21-10-7-18-40(43)41-19-8-11-22-44(41)49/h1-33,40,43H. The molecule has 7 aromatic rings. The van der Waals surface area contributed by atoms with Crippen LogP contribution in [0.2, 0.25) is 0 Å². The summed E-state index contributed by atoms with van der Waals surface area (Å²) in [6.45, 7) is 0. The molecule has 1 spiro atoms. The van der Waals surface area contributed by atoms with Crippen molar-refractivity contribution in [2.24, 2.45) is 5.92 Å². The smallest absolute Gasteiger partial charge is 0.0543 e. The Morgan fingerprint density at radius 3 is 1.58 bits per heavy atom. The first-order valence-corrected chi connectivity index (χ1v) is 17.6. The number of allylic oxidation sites excluding steroid dienone is 4. The average Bonchev–Trinajstić information content (AvgIpc) is 3.67. The van der Waals surface area contributed by atoms with E-state index in [9.17, 15) is 0 Å². The molecule has 0 bridgehead atoms. The zero-order valence-corrected chi connectivity index (χ0v) is 27.7. The molecule has 3 aliphatic carbocycles. The number of hydrogen-bond acceptors (Lipinski definition) is 1. The first kappa shape index (κ1) is 28.8. The Morgan fingerprint density at radius 1 is 0.400 bits per heavy atom. The third-order valence-corrected chi connectivity index (χ3v) is 11.2. The van der Waals surface area contributed by atoms with Crippen LogP contribution >= 0.6 is 0 Å². The summed E-state index contributed by atoms with van der Waals surface area (Å²) in [7, 11) is 0. The van der Waals surface area contributed by atoms with Crippen molar-refractivity contribution in [2.75, 3.05) is 4.90 Å². The summed E-state index contributed by atoms with van der Waals surface area (Å²) in [5, 5.41) is 0. The van der Waals surface area contributed by atoms with Gasteiger partial charge >= 0.3 is 0 Å². The summed E-state index contributed by atoms with van der Waals surface area (Å²) < 4.78 is 0. The molecule has 0 N–H and O–H groups in total. The molecule has 0 radical (unpaired) electrons. The van der Waals surface area contributed by atoms with Gasteiger partial charge in [0.25, 0.3) is 0 Å². The van der Waals surface area contributed by atoms with E-state index in [1.54, 1.807) is 0 Å². The van der Waals surface area contributed by atoms with Crippen LogP contribution in [0.25, 0.3) is 33.4 Å². The topological polar surface area (TPSA) is 3.24 Å². The molecule has 236 valence electrons. The summed E-state index contributed by atoms with van der Waals surface area (Å²) in [5.74, 6) is 0.636. The summed E-state index contributed by atoms with van der Waals surface area (Å²) >= 11 is 0. The molecule has 3 unspecified atom stereocenters. The highest BCUT2D eigenvalue weighted by Gasteiger charge is 2.57. The molecule has 1 nitrogen and oxygen atoms in total. The van der Waals surface area contributed by atoms with Gasteiger partial charge in [-0.25, -0.2) is 0 Å². The molecule has 3 atom stereocenters. The third-order valence-electron chi connectivity index (χ3n) is 11.2. The largest absolute Gasteiger partial charge is 0.310 e. The fourth-order valence-corrected chi connectivity index (χ4v) is 9.12. The lowest BCUT2D eigenvalue weighted by Crippen LogP contribution is -2.33. The van der Waals surface area contributed by atoms with E-state index in [4.69, 9.17) is 0 Å². The second kappa shape index (κ2) is 11.5.